The Balaban J connectivity index is 1.72. The van der Waals surface area contributed by atoms with Gasteiger partial charge >= 0.3 is 5.97 Å². The van der Waals surface area contributed by atoms with E-state index in [9.17, 15) is 14.7 Å². The van der Waals surface area contributed by atoms with E-state index in [1.54, 1.807) is 12.1 Å². The van der Waals surface area contributed by atoms with Crippen molar-refractivity contribution < 1.29 is 19.4 Å². The fraction of sp³-hybridized carbons (Fsp3) is 0.406. The van der Waals surface area contributed by atoms with E-state index in [0.717, 1.165) is 48.1 Å². The Morgan fingerprint density at radius 3 is 2.50 bits per heavy atom. The highest BCUT2D eigenvalue weighted by molar-refractivity contribution is 6.32. The predicted molar refractivity (Wildman–Crippen MR) is 159 cm³/mol. The van der Waals surface area contributed by atoms with Crippen LogP contribution in [0.25, 0.3) is 22.4 Å². The number of ether oxygens (including phenoxy) is 1. The maximum atomic E-state index is 13.5. The Morgan fingerprint density at radius 2 is 1.82 bits per heavy atom. The number of nitrogens with zero attached hydrogens (tertiary/aromatic N) is 2. The number of carboxylic acids is 1. The molecule has 0 atom stereocenters. The van der Waals surface area contributed by atoms with Crippen LogP contribution in [0.5, 0.6) is 5.75 Å². The first-order valence-corrected chi connectivity index (χ1v) is 14.2. The van der Waals surface area contributed by atoms with Gasteiger partial charge in [-0.15, -0.1) is 0 Å². The first-order valence-electron chi connectivity index (χ1n) is 13.8. The number of amides is 1. The number of carbonyl (C=O) groups is 2. The molecule has 3 aromatic rings. The van der Waals surface area contributed by atoms with Gasteiger partial charge in [0.2, 0.25) is 0 Å². The van der Waals surface area contributed by atoms with Crippen LogP contribution < -0.4 is 10.1 Å². The molecule has 0 radical (unpaired) electrons. The number of hydrogen-bond acceptors (Lipinski definition) is 5. The second-order valence-electron chi connectivity index (χ2n) is 11.1. The lowest BCUT2D eigenvalue weighted by Gasteiger charge is -2.36. The van der Waals surface area contributed by atoms with Gasteiger partial charge in [0.05, 0.1) is 17.3 Å². The van der Waals surface area contributed by atoms with E-state index in [4.69, 9.17) is 21.3 Å². The van der Waals surface area contributed by atoms with Gasteiger partial charge in [-0.2, -0.15) is 0 Å². The van der Waals surface area contributed by atoms with Gasteiger partial charge in [-0.25, -0.2) is 9.78 Å². The third-order valence-corrected chi connectivity index (χ3v) is 7.98. The molecule has 1 amide bonds. The highest BCUT2D eigenvalue weighted by Crippen LogP contribution is 2.37. The summed E-state index contributed by atoms with van der Waals surface area (Å²) in [5.74, 6) is -0.514. The quantitative estimate of drug-likeness (QED) is 0.275. The number of aliphatic carboxylic acids is 1. The van der Waals surface area contributed by atoms with E-state index in [-0.39, 0.29) is 5.69 Å². The van der Waals surface area contributed by atoms with Crippen LogP contribution in [-0.4, -0.2) is 59.7 Å². The van der Waals surface area contributed by atoms with Gasteiger partial charge in [-0.1, -0.05) is 48.9 Å². The van der Waals surface area contributed by atoms with Crippen molar-refractivity contribution in [2.24, 2.45) is 5.92 Å². The summed E-state index contributed by atoms with van der Waals surface area (Å²) in [6.07, 6.45) is 3.14. The SMILES string of the molecule is Cc1ccccc1-c1ccc(C(=O)NC2(C(=O)O)CCC(C)CC2)nc1-c1ccc(Cl)c(OCCCN(C)C)c1. The van der Waals surface area contributed by atoms with Gasteiger partial charge in [0.1, 0.15) is 17.0 Å². The van der Waals surface area contributed by atoms with E-state index in [1.807, 2.05) is 63.5 Å². The van der Waals surface area contributed by atoms with Gasteiger partial charge in [0.15, 0.2) is 0 Å². The van der Waals surface area contributed by atoms with E-state index < -0.39 is 17.4 Å². The molecule has 2 N–H and O–H groups in total. The summed E-state index contributed by atoms with van der Waals surface area (Å²) in [4.78, 5) is 32.6. The highest BCUT2D eigenvalue weighted by Gasteiger charge is 2.42. The second kappa shape index (κ2) is 12.8. The molecule has 1 heterocycles. The molecule has 2 aromatic carbocycles. The van der Waals surface area contributed by atoms with Gasteiger partial charge < -0.3 is 20.1 Å². The topological polar surface area (TPSA) is 91.8 Å². The molecular formula is C32H38ClN3O4. The van der Waals surface area contributed by atoms with Crippen molar-refractivity contribution in [1.29, 1.82) is 0 Å². The van der Waals surface area contributed by atoms with Crippen LogP contribution in [-0.2, 0) is 4.79 Å². The van der Waals surface area contributed by atoms with Gasteiger partial charge in [0, 0.05) is 17.7 Å². The Labute approximate surface area is 241 Å². The van der Waals surface area contributed by atoms with Crippen molar-refractivity contribution in [1.82, 2.24) is 15.2 Å². The summed E-state index contributed by atoms with van der Waals surface area (Å²) < 4.78 is 6.01. The largest absolute Gasteiger partial charge is 0.492 e. The smallest absolute Gasteiger partial charge is 0.329 e. The number of hydrogen-bond donors (Lipinski definition) is 2. The molecule has 1 fully saturated rings. The maximum Gasteiger partial charge on any atom is 0.329 e. The molecule has 1 aromatic heterocycles. The summed E-state index contributed by atoms with van der Waals surface area (Å²) in [6, 6.07) is 17.0. The van der Waals surface area contributed by atoms with Crippen molar-refractivity contribution in [2.75, 3.05) is 27.2 Å². The maximum absolute atomic E-state index is 13.5. The van der Waals surface area contributed by atoms with Crippen molar-refractivity contribution in [3.63, 3.8) is 0 Å². The first kappa shape index (κ1) is 29.6. The molecule has 0 aliphatic heterocycles. The molecular weight excluding hydrogens is 526 g/mol. The number of nitrogens with one attached hydrogen (secondary N) is 1. The average molecular weight is 564 g/mol. The lowest BCUT2D eigenvalue weighted by Crippen LogP contribution is -2.56. The number of aromatic nitrogens is 1. The zero-order valence-electron chi connectivity index (χ0n) is 23.7. The molecule has 0 unspecified atom stereocenters. The molecule has 40 heavy (non-hydrogen) atoms. The fourth-order valence-electron chi connectivity index (χ4n) is 5.15. The third-order valence-electron chi connectivity index (χ3n) is 7.67. The minimum Gasteiger partial charge on any atom is -0.492 e. The molecule has 0 bridgehead atoms. The molecule has 1 saturated carbocycles. The monoisotopic (exact) mass is 563 g/mol. The lowest BCUT2D eigenvalue weighted by molar-refractivity contribution is -0.146. The van der Waals surface area contributed by atoms with E-state index in [1.165, 1.54) is 0 Å². The van der Waals surface area contributed by atoms with E-state index in [0.29, 0.717) is 41.8 Å². The van der Waals surface area contributed by atoms with Crippen LogP contribution in [0.2, 0.25) is 5.02 Å². The van der Waals surface area contributed by atoms with Crippen LogP contribution in [0.15, 0.2) is 54.6 Å². The molecule has 1 aliphatic carbocycles. The zero-order chi connectivity index (χ0) is 28.9. The molecule has 1 aliphatic rings. The molecule has 0 spiro atoms. The average Bonchev–Trinajstić information content (AvgIpc) is 2.93. The van der Waals surface area contributed by atoms with Gasteiger partial charge in [-0.05, 0) is 94.4 Å². The number of rotatable bonds is 10. The Morgan fingerprint density at radius 1 is 1.10 bits per heavy atom. The standard InChI is InChI=1S/C32H38ClN3O4/c1-21-14-16-32(17-15-21,31(38)39)35-30(37)27-13-11-25(24-9-6-5-8-22(24)2)29(34-27)23-10-12-26(33)28(20-23)40-19-7-18-36(3)4/h5-6,8-13,20-21H,7,14-19H2,1-4H3,(H,35,37)(H,38,39). The Kier molecular flexibility index (Phi) is 9.48. The van der Waals surface area contributed by atoms with Crippen LogP contribution in [0.4, 0.5) is 0 Å². The number of pyridine rings is 1. The molecule has 4 rings (SSSR count). The zero-order valence-corrected chi connectivity index (χ0v) is 24.4. The summed E-state index contributed by atoms with van der Waals surface area (Å²) >= 11 is 6.48. The van der Waals surface area contributed by atoms with E-state index in [2.05, 4.69) is 17.1 Å². The minimum atomic E-state index is -1.28. The molecule has 7 nitrogen and oxygen atoms in total. The van der Waals surface area contributed by atoms with Gasteiger partial charge in [-0.3, -0.25) is 4.79 Å². The highest BCUT2D eigenvalue weighted by atomic mass is 35.5. The molecule has 212 valence electrons. The van der Waals surface area contributed by atoms with Crippen molar-refractivity contribution in [2.45, 2.75) is 51.5 Å². The summed E-state index contributed by atoms with van der Waals surface area (Å²) in [6.45, 7) is 5.54. The van der Waals surface area contributed by atoms with Crippen LogP contribution in [0.1, 0.15) is 55.1 Å². The Bertz CT molecular complexity index is 1370. The fourth-order valence-corrected chi connectivity index (χ4v) is 5.32. The number of aryl methyl sites for hydroxylation is 1. The number of carbonyl (C=O) groups excluding carboxylic acids is 1. The van der Waals surface area contributed by atoms with Crippen molar-refractivity contribution in [3.05, 3.63) is 70.9 Å². The molecule has 8 heteroatoms. The lowest BCUT2D eigenvalue weighted by atomic mass is 9.77. The van der Waals surface area contributed by atoms with Gasteiger partial charge in [0.25, 0.3) is 5.91 Å². The number of benzene rings is 2. The second-order valence-corrected chi connectivity index (χ2v) is 11.5. The van der Waals surface area contributed by atoms with Crippen LogP contribution in [0.3, 0.4) is 0 Å². The summed E-state index contributed by atoms with van der Waals surface area (Å²) in [5, 5.41) is 13.4. The summed E-state index contributed by atoms with van der Waals surface area (Å²) in [7, 11) is 4.03. The normalized spacial score (nSPS) is 18.9. The van der Waals surface area contributed by atoms with Crippen LogP contribution in [0, 0.1) is 12.8 Å². The van der Waals surface area contributed by atoms with Crippen molar-refractivity contribution in [3.8, 4) is 28.1 Å². The minimum absolute atomic E-state index is 0.162. The number of carboxylic acid groups (broad SMARTS) is 1. The van der Waals surface area contributed by atoms with E-state index >= 15 is 0 Å². The summed E-state index contributed by atoms with van der Waals surface area (Å²) in [5.41, 5.74) is 3.14. The number of halogens is 1. The predicted octanol–water partition coefficient (Wildman–Crippen LogP) is 6.47. The first-order chi connectivity index (χ1) is 19.1. The van der Waals surface area contributed by atoms with Crippen molar-refractivity contribution >= 4 is 23.5 Å². The Hall–Kier alpha value is -3.42. The molecule has 0 saturated heterocycles. The van der Waals surface area contributed by atoms with Crippen LogP contribution >= 0.6 is 11.6 Å². The third kappa shape index (κ3) is 6.83.